The van der Waals surface area contributed by atoms with E-state index in [1.807, 2.05) is 18.2 Å². The second-order valence-electron chi connectivity index (χ2n) is 5.50. The molecule has 0 amide bonds. The van der Waals surface area contributed by atoms with Crippen molar-refractivity contribution in [3.63, 3.8) is 0 Å². The molecule has 0 saturated carbocycles. The van der Waals surface area contributed by atoms with Crippen LogP contribution in [0.5, 0.6) is 0 Å². The third-order valence-corrected chi connectivity index (χ3v) is 5.44. The van der Waals surface area contributed by atoms with Gasteiger partial charge in [-0.1, -0.05) is 41.9 Å². The van der Waals surface area contributed by atoms with Crippen LogP contribution in [0.4, 0.5) is 5.69 Å². The number of ether oxygens (including phenoxy) is 1. The van der Waals surface area contributed by atoms with Gasteiger partial charge in [-0.2, -0.15) is 0 Å². The molecule has 0 fully saturated rings. The summed E-state index contributed by atoms with van der Waals surface area (Å²) in [4.78, 5) is 35.1. The highest BCUT2D eigenvalue weighted by atomic mass is 35.5. The van der Waals surface area contributed by atoms with Crippen LogP contribution in [0.15, 0.2) is 42.5 Å². The van der Waals surface area contributed by atoms with E-state index in [4.69, 9.17) is 16.3 Å². The lowest BCUT2D eigenvalue weighted by molar-refractivity contribution is -0.385. The Morgan fingerprint density at radius 3 is 2.65 bits per heavy atom. The van der Waals surface area contributed by atoms with Gasteiger partial charge < -0.3 is 4.74 Å². The fourth-order valence-electron chi connectivity index (χ4n) is 2.40. The van der Waals surface area contributed by atoms with Crippen LogP contribution >= 0.6 is 22.9 Å². The van der Waals surface area contributed by atoms with E-state index >= 15 is 0 Å². The molecule has 8 heteroatoms. The van der Waals surface area contributed by atoms with E-state index in [0.29, 0.717) is 5.56 Å². The van der Waals surface area contributed by atoms with E-state index in [1.165, 1.54) is 29.5 Å². The maximum atomic E-state index is 12.2. The van der Waals surface area contributed by atoms with E-state index in [9.17, 15) is 19.7 Å². The van der Waals surface area contributed by atoms with Crippen LogP contribution in [0.1, 0.15) is 25.6 Å². The summed E-state index contributed by atoms with van der Waals surface area (Å²) in [6, 6.07) is 11.4. The normalized spacial score (nSPS) is 10.7. The van der Waals surface area contributed by atoms with Crippen LogP contribution in [0.2, 0.25) is 5.02 Å². The number of ketones is 1. The Bertz CT molecular complexity index is 1040. The summed E-state index contributed by atoms with van der Waals surface area (Å²) in [5.41, 5.74) is 0.396. The molecule has 0 bridgehead atoms. The van der Waals surface area contributed by atoms with Crippen molar-refractivity contribution in [1.29, 1.82) is 0 Å². The van der Waals surface area contributed by atoms with E-state index < -0.39 is 23.3 Å². The number of aryl methyl sites for hydroxylation is 1. The molecule has 1 aromatic heterocycles. The Kier molecular flexibility index (Phi) is 5.01. The molecule has 6 nitrogen and oxygen atoms in total. The van der Waals surface area contributed by atoms with E-state index in [1.54, 1.807) is 13.0 Å². The van der Waals surface area contributed by atoms with Crippen LogP contribution in [-0.2, 0) is 4.74 Å². The van der Waals surface area contributed by atoms with Gasteiger partial charge >= 0.3 is 5.97 Å². The first-order chi connectivity index (χ1) is 12.4. The zero-order valence-corrected chi connectivity index (χ0v) is 15.1. The summed E-state index contributed by atoms with van der Waals surface area (Å²) < 4.78 is 5.89. The third kappa shape index (κ3) is 3.44. The Morgan fingerprint density at radius 1 is 1.23 bits per heavy atom. The predicted molar refractivity (Wildman–Crippen MR) is 99.3 cm³/mol. The van der Waals surface area contributed by atoms with Gasteiger partial charge in [-0.25, -0.2) is 4.79 Å². The van der Waals surface area contributed by atoms with Gasteiger partial charge in [-0.3, -0.25) is 14.9 Å². The average molecular weight is 390 g/mol. The number of carbonyl (C=O) groups excluding carboxylic acids is 2. The van der Waals surface area contributed by atoms with Crippen molar-refractivity contribution in [1.82, 2.24) is 0 Å². The second-order valence-corrected chi connectivity index (χ2v) is 6.93. The number of Topliss-reactive ketones (excluding diaryl/α,β-unsaturated/α-hetero) is 1. The monoisotopic (exact) mass is 389 g/mol. The molecule has 0 radical (unpaired) electrons. The topological polar surface area (TPSA) is 86.5 Å². The van der Waals surface area contributed by atoms with Crippen molar-refractivity contribution in [3.8, 4) is 0 Å². The second kappa shape index (κ2) is 7.23. The Hall–Kier alpha value is -2.77. The van der Waals surface area contributed by atoms with Crippen molar-refractivity contribution >= 4 is 50.5 Å². The SMILES string of the molecule is Cc1ccc(C(=O)COC(=O)c2sc3ccccc3c2Cl)cc1[N+](=O)[O-]. The number of esters is 1. The Labute approximate surface area is 157 Å². The molecule has 26 heavy (non-hydrogen) atoms. The van der Waals surface area contributed by atoms with Gasteiger partial charge in [0.15, 0.2) is 6.61 Å². The number of nitro groups is 1. The smallest absolute Gasteiger partial charge is 0.350 e. The van der Waals surface area contributed by atoms with Gasteiger partial charge in [0.05, 0.1) is 9.95 Å². The minimum absolute atomic E-state index is 0.109. The highest BCUT2D eigenvalue weighted by Crippen LogP contribution is 2.35. The molecule has 1 heterocycles. The van der Waals surface area contributed by atoms with Crippen LogP contribution in [0, 0.1) is 17.0 Å². The molecule has 0 unspecified atom stereocenters. The molecular weight excluding hydrogens is 378 g/mol. The third-order valence-electron chi connectivity index (χ3n) is 3.78. The quantitative estimate of drug-likeness (QED) is 0.270. The molecule has 0 atom stereocenters. The summed E-state index contributed by atoms with van der Waals surface area (Å²) in [6.45, 7) is 1.06. The number of benzene rings is 2. The summed E-state index contributed by atoms with van der Waals surface area (Å²) in [7, 11) is 0. The largest absolute Gasteiger partial charge is 0.453 e. The zero-order valence-electron chi connectivity index (χ0n) is 13.5. The molecular formula is C18H12ClNO5S. The highest BCUT2D eigenvalue weighted by molar-refractivity contribution is 7.21. The van der Waals surface area contributed by atoms with Crippen LogP contribution in [0.3, 0.4) is 0 Å². The van der Waals surface area contributed by atoms with Crippen LogP contribution in [0.25, 0.3) is 10.1 Å². The van der Waals surface area contributed by atoms with Crippen LogP contribution < -0.4 is 0 Å². The first kappa shape index (κ1) is 18.0. The molecule has 3 aromatic rings. The maximum Gasteiger partial charge on any atom is 0.350 e. The molecule has 0 N–H and O–H groups in total. The number of hydrogen-bond acceptors (Lipinski definition) is 6. The van der Waals surface area contributed by atoms with Crippen molar-refractivity contribution in [2.24, 2.45) is 0 Å². The standard InChI is InChI=1S/C18H12ClNO5S/c1-10-6-7-11(8-13(10)20(23)24)14(21)9-25-18(22)17-16(19)12-4-2-3-5-15(12)26-17/h2-8H,9H2,1H3. The van der Waals surface area contributed by atoms with E-state index in [-0.39, 0.29) is 21.2 Å². The fourth-order valence-corrected chi connectivity index (χ4v) is 3.81. The number of nitrogens with zero attached hydrogens (tertiary/aromatic N) is 1. The summed E-state index contributed by atoms with van der Waals surface area (Å²) in [5.74, 6) is -1.23. The molecule has 3 rings (SSSR count). The average Bonchev–Trinajstić information content (AvgIpc) is 2.97. The lowest BCUT2D eigenvalue weighted by Gasteiger charge is -2.04. The first-order valence-electron chi connectivity index (χ1n) is 7.51. The van der Waals surface area contributed by atoms with Crippen molar-refractivity contribution < 1.29 is 19.2 Å². The van der Waals surface area contributed by atoms with Crippen molar-refractivity contribution in [2.75, 3.05) is 6.61 Å². The molecule has 0 aliphatic rings. The van der Waals surface area contributed by atoms with Gasteiger partial charge in [-0.05, 0) is 13.0 Å². The Balaban J connectivity index is 1.75. The number of fused-ring (bicyclic) bond motifs is 1. The van der Waals surface area contributed by atoms with Gasteiger partial charge in [0.25, 0.3) is 5.69 Å². The highest BCUT2D eigenvalue weighted by Gasteiger charge is 2.20. The summed E-state index contributed by atoms with van der Waals surface area (Å²) >= 11 is 7.39. The van der Waals surface area contributed by atoms with E-state index in [0.717, 1.165) is 10.1 Å². The molecule has 0 aliphatic heterocycles. The van der Waals surface area contributed by atoms with Gasteiger partial charge in [0.2, 0.25) is 5.78 Å². The van der Waals surface area contributed by atoms with Crippen molar-refractivity contribution in [2.45, 2.75) is 6.92 Å². The van der Waals surface area contributed by atoms with E-state index in [2.05, 4.69) is 0 Å². The number of halogens is 1. The predicted octanol–water partition coefficient (Wildman–Crippen LogP) is 4.81. The number of rotatable bonds is 5. The molecule has 0 aliphatic carbocycles. The Morgan fingerprint density at radius 2 is 1.96 bits per heavy atom. The maximum absolute atomic E-state index is 12.2. The number of nitro benzene ring substituents is 1. The minimum Gasteiger partial charge on any atom is -0.453 e. The fraction of sp³-hybridized carbons (Fsp3) is 0.111. The molecule has 0 saturated heterocycles. The molecule has 0 spiro atoms. The number of thiophene rings is 1. The summed E-state index contributed by atoms with van der Waals surface area (Å²) in [6.07, 6.45) is 0. The van der Waals surface area contributed by atoms with Crippen molar-refractivity contribution in [3.05, 3.63) is 73.6 Å². The summed E-state index contributed by atoms with van der Waals surface area (Å²) in [5, 5.41) is 12.0. The zero-order chi connectivity index (χ0) is 18.8. The van der Waals surface area contributed by atoms with Gasteiger partial charge in [0, 0.05) is 27.3 Å². The van der Waals surface area contributed by atoms with Gasteiger partial charge in [-0.15, -0.1) is 11.3 Å². The molecule has 2 aromatic carbocycles. The number of carbonyl (C=O) groups is 2. The first-order valence-corrected chi connectivity index (χ1v) is 8.70. The van der Waals surface area contributed by atoms with Crippen LogP contribution in [-0.4, -0.2) is 23.3 Å². The number of hydrogen-bond donors (Lipinski definition) is 0. The molecule has 132 valence electrons. The minimum atomic E-state index is -0.703. The van der Waals surface area contributed by atoms with Gasteiger partial charge in [0.1, 0.15) is 4.88 Å². The lowest BCUT2D eigenvalue weighted by Crippen LogP contribution is -2.14. The lowest BCUT2D eigenvalue weighted by atomic mass is 10.1.